The quantitative estimate of drug-likeness (QED) is 0.352. The molecule has 0 unspecified atom stereocenters. The van der Waals surface area contributed by atoms with E-state index in [0.717, 1.165) is 0 Å². The average Bonchev–Trinajstić information content (AvgIpc) is 2.62. The Morgan fingerprint density at radius 3 is 1.83 bits per heavy atom. The minimum Gasteiger partial charge on any atom is -0.167 e. The molecule has 124 valence electrons. The van der Waals surface area contributed by atoms with E-state index in [1.807, 2.05) is 0 Å². The van der Waals surface area contributed by atoms with Crippen molar-refractivity contribution in [3.8, 4) is 5.69 Å². The number of aryl methyl sites for hydroxylation is 1. The first kappa shape index (κ1) is 17.7. The first-order chi connectivity index (χ1) is 11.4. The smallest absolute Gasteiger partial charge is 0.167 e. The van der Waals surface area contributed by atoms with Gasteiger partial charge in [0.1, 0.15) is 0 Å². The fourth-order valence-electron chi connectivity index (χ4n) is 3.04. The van der Waals surface area contributed by atoms with Crippen LogP contribution in [0.3, 0.4) is 0 Å². The summed E-state index contributed by atoms with van der Waals surface area (Å²) in [4.78, 5) is 0. The molecule has 1 aromatic heterocycles. The van der Waals surface area contributed by atoms with Crippen LogP contribution in [0.15, 0.2) is 54.9 Å². The molecular weight excluding hydrogens is 278 g/mol. The van der Waals surface area contributed by atoms with Gasteiger partial charge in [-0.15, -0.1) is 0 Å². The van der Waals surface area contributed by atoms with Crippen molar-refractivity contribution in [3.63, 3.8) is 0 Å². The largest absolute Gasteiger partial charge is 0.210 e. The third kappa shape index (κ3) is 6.99. The molecule has 0 aliphatic carbocycles. The Labute approximate surface area is 142 Å². The highest BCUT2D eigenvalue weighted by molar-refractivity contribution is 5.21. The zero-order valence-electron chi connectivity index (χ0n) is 14.7. The average molecular weight is 311 g/mol. The van der Waals surface area contributed by atoms with Gasteiger partial charge in [0.25, 0.3) is 0 Å². The van der Waals surface area contributed by atoms with Crippen LogP contribution in [-0.4, -0.2) is 0 Å². The zero-order chi connectivity index (χ0) is 16.2. The zero-order valence-corrected chi connectivity index (χ0v) is 14.7. The summed E-state index contributed by atoms with van der Waals surface area (Å²) in [6.07, 6.45) is 18.2. The van der Waals surface area contributed by atoms with Crippen molar-refractivity contribution in [1.29, 1.82) is 0 Å². The lowest BCUT2D eigenvalue weighted by molar-refractivity contribution is -0.595. The monoisotopic (exact) mass is 310 g/mol. The van der Waals surface area contributed by atoms with Gasteiger partial charge < -0.3 is 0 Å². The maximum atomic E-state index is 2.28. The van der Waals surface area contributed by atoms with E-state index < -0.39 is 0 Å². The molecule has 1 heteroatoms. The summed E-state index contributed by atoms with van der Waals surface area (Å²) in [7, 11) is 0. The highest BCUT2D eigenvalue weighted by atomic mass is 14.9. The molecule has 0 spiro atoms. The Kier molecular flexibility index (Phi) is 8.47. The van der Waals surface area contributed by atoms with Crippen LogP contribution in [0.4, 0.5) is 0 Å². The fourth-order valence-corrected chi connectivity index (χ4v) is 3.04. The van der Waals surface area contributed by atoms with Gasteiger partial charge in [-0.25, -0.2) is 0 Å². The molecule has 0 atom stereocenters. The van der Waals surface area contributed by atoms with Crippen LogP contribution in [0.1, 0.15) is 70.3 Å². The second-order valence-electron chi connectivity index (χ2n) is 6.53. The van der Waals surface area contributed by atoms with Crippen molar-refractivity contribution in [2.75, 3.05) is 0 Å². The number of aromatic nitrogens is 1. The topological polar surface area (TPSA) is 3.88 Å². The normalized spacial score (nSPS) is 10.8. The summed E-state index contributed by atoms with van der Waals surface area (Å²) in [5.74, 6) is 0. The molecule has 0 fully saturated rings. The van der Waals surface area contributed by atoms with E-state index in [0.29, 0.717) is 0 Å². The molecule has 1 heterocycles. The molecule has 0 N–H and O–H groups in total. The molecule has 0 aliphatic heterocycles. The van der Waals surface area contributed by atoms with Gasteiger partial charge in [-0.3, -0.25) is 0 Å². The highest BCUT2D eigenvalue weighted by Crippen LogP contribution is 2.11. The molecule has 2 aromatic rings. The predicted molar refractivity (Wildman–Crippen MR) is 98.9 cm³/mol. The van der Waals surface area contributed by atoms with Gasteiger partial charge >= 0.3 is 0 Å². The summed E-state index contributed by atoms with van der Waals surface area (Å²) in [6.45, 7) is 2.28. The maximum absolute atomic E-state index is 2.28. The van der Waals surface area contributed by atoms with Crippen molar-refractivity contribution in [1.82, 2.24) is 0 Å². The molecule has 0 amide bonds. The lowest BCUT2D eigenvalue weighted by Gasteiger charge is -2.03. The lowest BCUT2D eigenvalue weighted by Crippen LogP contribution is -2.29. The second-order valence-corrected chi connectivity index (χ2v) is 6.53. The third-order valence-electron chi connectivity index (χ3n) is 4.52. The summed E-state index contributed by atoms with van der Waals surface area (Å²) in [5.41, 5.74) is 2.68. The Balaban J connectivity index is 1.60. The maximum Gasteiger partial charge on any atom is 0.210 e. The molecule has 2 rings (SSSR count). The number of para-hydroxylation sites is 1. The summed E-state index contributed by atoms with van der Waals surface area (Å²) in [6, 6.07) is 15.0. The van der Waals surface area contributed by atoms with Gasteiger partial charge in [-0.05, 0) is 18.4 Å². The van der Waals surface area contributed by atoms with Crippen LogP contribution in [0.2, 0.25) is 0 Å². The van der Waals surface area contributed by atoms with Gasteiger partial charge in [-0.2, -0.15) is 4.57 Å². The van der Waals surface area contributed by atoms with E-state index in [-0.39, 0.29) is 0 Å². The van der Waals surface area contributed by atoms with E-state index in [1.54, 1.807) is 0 Å². The Morgan fingerprint density at radius 1 is 0.652 bits per heavy atom. The molecule has 0 bridgehead atoms. The predicted octanol–water partition coefficient (Wildman–Crippen LogP) is 6.04. The molecular formula is C22H32N+. The summed E-state index contributed by atoms with van der Waals surface area (Å²) in [5, 5.41) is 0. The number of unbranched alkanes of at least 4 members (excludes halogenated alkanes) is 8. The van der Waals surface area contributed by atoms with Gasteiger partial charge in [0, 0.05) is 24.3 Å². The van der Waals surface area contributed by atoms with Crippen molar-refractivity contribution in [2.45, 2.75) is 71.1 Å². The van der Waals surface area contributed by atoms with Crippen LogP contribution in [0, 0.1) is 0 Å². The van der Waals surface area contributed by atoms with E-state index in [4.69, 9.17) is 0 Å². The highest BCUT2D eigenvalue weighted by Gasteiger charge is 2.04. The number of hydrogen-bond acceptors (Lipinski definition) is 0. The van der Waals surface area contributed by atoms with Crippen molar-refractivity contribution in [3.05, 3.63) is 60.4 Å². The van der Waals surface area contributed by atoms with Crippen molar-refractivity contribution in [2.24, 2.45) is 0 Å². The Hall–Kier alpha value is -1.63. The van der Waals surface area contributed by atoms with Crippen LogP contribution in [-0.2, 0) is 6.42 Å². The van der Waals surface area contributed by atoms with Gasteiger partial charge in [0.15, 0.2) is 12.4 Å². The first-order valence-corrected chi connectivity index (χ1v) is 9.46. The van der Waals surface area contributed by atoms with E-state index >= 15 is 0 Å². The second kappa shape index (κ2) is 11.0. The molecule has 23 heavy (non-hydrogen) atoms. The van der Waals surface area contributed by atoms with Crippen molar-refractivity contribution < 1.29 is 4.57 Å². The van der Waals surface area contributed by atoms with E-state index in [2.05, 4.69) is 66.3 Å². The fraction of sp³-hybridized carbons (Fsp3) is 0.500. The van der Waals surface area contributed by atoms with Crippen LogP contribution >= 0.6 is 0 Å². The SMILES string of the molecule is CCCCCCCCCCCc1cc[n+](-c2ccccc2)cc1. The number of pyridine rings is 1. The number of hydrogen-bond donors (Lipinski definition) is 0. The summed E-state index contributed by atoms with van der Waals surface area (Å²) < 4.78 is 2.18. The molecule has 1 aromatic carbocycles. The third-order valence-corrected chi connectivity index (χ3v) is 4.52. The van der Waals surface area contributed by atoms with Crippen molar-refractivity contribution >= 4 is 0 Å². The Bertz CT molecular complexity index is 515. The van der Waals surface area contributed by atoms with Crippen LogP contribution in [0.5, 0.6) is 0 Å². The first-order valence-electron chi connectivity index (χ1n) is 9.46. The number of nitrogens with zero attached hydrogens (tertiary/aromatic N) is 1. The molecule has 1 nitrogen and oxygen atoms in total. The van der Waals surface area contributed by atoms with E-state index in [9.17, 15) is 0 Å². The van der Waals surface area contributed by atoms with Crippen LogP contribution in [0.25, 0.3) is 5.69 Å². The van der Waals surface area contributed by atoms with Gasteiger partial charge in [0.2, 0.25) is 5.69 Å². The number of benzene rings is 1. The minimum absolute atomic E-state index is 1.21. The van der Waals surface area contributed by atoms with E-state index in [1.165, 1.54) is 75.5 Å². The van der Waals surface area contributed by atoms with Crippen LogP contribution < -0.4 is 4.57 Å². The van der Waals surface area contributed by atoms with Gasteiger partial charge in [0.05, 0.1) is 0 Å². The molecule has 0 radical (unpaired) electrons. The minimum atomic E-state index is 1.21. The molecule has 0 saturated carbocycles. The summed E-state index contributed by atoms with van der Waals surface area (Å²) >= 11 is 0. The lowest BCUT2D eigenvalue weighted by atomic mass is 10.0. The standard InChI is InChI=1S/C22H32N/c1-2-3-4-5-6-7-8-9-11-14-21-17-19-23(20-18-21)22-15-12-10-13-16-22/h10,12-13,15-20H,2-9,11,14H2,1H3/q+1. The number of rotatable bonds is 11. The van der Waals surface area contributed by atoms with Gasteiger partial charge in [-0.1, -0.05) is 76.5 Å². The molecule has 0 saturated heterocycles. The Morgan fingerprint density at radius 2 is 1.22 bits per heavy atom. The molecule has 0 aliphatic rings.